The molecule has 2 aliphatic heterocycles. The van der Waals surface area contributed by atoms with E-state index in [4.69, 9.17) is 14.2 Å². The molecule has 1 atom stereocenters. The third-order valence-electron chi connectivity index (χ3n) is 4.24. The number of urea groups is 1. The van der Waals surface area contributed by atoms with E-state index < -0.39 is 0 Å². The van der Waals surface area contributed by atoms with Gasteiger partial charge in [0.2, 0.25) is 12.7 Å². The number of carbonyl (C=O) groups excluding carboxylic acids is 1. The van der Waals surface area contributed by atoms with Crippen molar-refractivity contribution in [3.63, 3.8) is 0 Å². The molecule has 7 nitrogen and oxygen atoms in total. The monoisotopic (exact) mass is 341 g/mol. The van der Waals surface area contributed by atoms with Gasteiger partial charge in [-0.2, -0.15) is 0 Å². The van der Waals surface area contributed by atoms with Crippen LogP contribution >= 0.6 is 0 Å². The number of nitrogens with one attached hydrogen (secondary N) is 1. The maximum atomic E-state index is 12.3. The number of aromatic nitrogens is 1. The smallest absolute Gasteiger partial charge is 0.317 e. The first-order valence-electron chi connectivity index (χ1n) is 8.27. The first-order valence-corrected chi connectivity index (χ1v) is 8.27. The minimum Gasteiger partial charge on any atom is -0.472 e. The van der Waals surface area contributed by atoms with Crippen molar-refractivity contribution in [3.05, 3.63) is 48.2 Å². The minimum absolute atomic E-state index is 0.0220. The van der Waals surface area contributed by atoms with Crippen LogP contribution in [0.5, 0.6) is 17.4 Å². The van der Waals surface area contributed by atoms with Gasteiger partial charge < -0.3 is 24.4 Å². The molecule has 1 fully saturated rings. The average molecular weight is 341 g/mol. The summed E-state index contributed by atoms with van der Waals surface area (Å²) in [5.74, 6) is 2.05. The van der Waals surface area contributed by atoms with Gasteiger partial charge in [0.1, 0.15) is 6.10 Å². The summed E-state index contributed by atoms with van der Waals surface area (Å²) in [6.45, 7) is 1.92. The first kappa shape index (κ1) is 15.6. The topological polar surface area (TPSA) is 72.9 Å². The molecule has 0 spiro atoms. The molecule has 0 saturated carbocycles. The van der Waals surface area contributed by atoms with Gasteiger partial charge in [-0.3, -0.25) is 0 Å². The fourth-order valence-electron chi connectivity index (χ4n) is 2.94. The number of nitrogens with zero attached hydrogens (tertiary/aromatic N) is 2. The zero-order chi connectivity index (χ0) is 17.1. The predicted molar refractivity (Wildman–Crippen MR) is 89.6 cm³/mol. The van der Waals surface area contributed by atoms with Gasteiger partial charge in [-0.25, -0.2) is 9.78 Å². The number of carbonyl (C=O) groups is 1. The summed E-state index contributed by atoms with van der Waals surface area (Å²) in [6.07, 6.45) is 2.47. The second kappa shape index (κ2) is 6.88. The summed E-state index contributed by atoms with van der Waals surface area (Å²) in [7, 11) is 0. The number of fused-ring (bicyclic) bond motifs is 1. The Labute approximate surface area is 145 Å². The van der Waals surface area contributed by atoms with Crippen LogP contribution in [0.15, 0.2) is 42.6 Å². The van der Waals surface area contributed by atoms with Crippen molar-refractivity contribution in [2.24, 2.45) is 0 Å². The molecule has 1 aromatic carbocycles. The molecule has 1 unspecified atom stereocenters. The van der Waals surface area contributed by atoms with Crippen LogP contribution in [0.4, 0.5) is 4.79 Å². The van der Waals surface area contributed by atoms with Crippen LogP contribution in [0.3, 0.4) is 0 Å². The van der Waals surface area contributed by atoms with Crippen molar-refractivity contribution < 1.29 is 19.0 Å². The Morgan fingerprint density at radius 2 is 2.20 bits per heavy atom. The molecule has 2 amide bonds. The van der Waals surface area contributed by atoms with Crippen molar-refractivity contribution in [1.29, 1.82) is 0 Å². The van der Waals surface area contributed by atoms with E-state index >= 15 is 0 Å². The number of ether oxygens (including phenoxy) is 3. The van der Waals surface area contributed by atoms with Crippen LogP contribution in [0.25, 0.3) is 0 Å². The number of rotatable bonds is 4. The zero-order valence-electron chi connectivity index (χ0n) is 13.7. The van der Waals surface area contributed by atoms with E-state index in [1.54, 1.807) is 11.1 Å². The second-order valence-electron chi connectivity index (χ2n) is 5.99. The molecule has 4 rings (SSSR count). The number of hydrogen-bond acceptors (Lipinski definition) is 5. The van der Waals surface area contributed by atoms with E-state index in [1.807, 2.05) is 36.4 Å². The van der Waals surface area contributed by atoms with E-state index in [0.29, 0.717) is 25.5 Å². The highest BCUT2D eigenvalue weighted by Crippen LogP contribution is 2.32. The molecule has 1 N–H and O–H groups in total. The zero-order valence-corrected chi connectivity index (χ0v) is 13.7. The molecule has 1 aromatic heterocycles. The Bertz CT molecular complexity index is 753. The number of pyridine rings is 1. The van der Waals surface area contributed by atoms with Gasteiger partial charge in [-0.05, 0) is 23.8 Å². The molecular weight excluding hydrogens is 322 g/mol. The first-order chi connectivity index (χ1) is 12.3. The van der Waals surface area contributed by atoms with E-state index in [9.17, 15) is 4.79 Å². The highest BCUT2D eigenvalue weighted by molar-refractivity contribution is 5.74. The normalized spacial score (nSPS) is 18.2. The van der Waals surface area contributed by atoms with Crippen molar-refractivity contribution >= 4 is 6.03 Å². The SMILES string of the molecule is O=C(NCc1ccc2c(c1)OCO2)N1CCC(Oc2ccccn2)C1. The van der Waals surface area contributed by atoms with Gasteiger partial charge in [0.05, 0.1) is 6.54 Å². The Morgan fingerprint density at radius 3 is 3.08 bits per heavy atom. The molecule has 0 aliphatic carbocycles. The quantitative estimate of drug-likeness (QED) is 0.923. The van der Waals surface area contributed by atoms with Crippen LogP contribution in [0.2, 0.25) is 0 Å². The lowest BCUT2D eigenvalue weighted by molar-refractivity contribution is 0.174. The summed E-state index contributed by atoms with van der Waals surface area (Å²) in [5, 5.41) is 2.94. The van der Waals surface area contributed by atoms with Crippen LogP contribution < -0.4 is 19.5 Å². The molecule has 2 aliphatic rings. The highest BCUT2D eigenvalue weighted by atomic mass is 16.7. The Balaban J connectivity index is 1.27. The number of benzene rings is 1. The van der Waals surface area contributed by atoms with Crippen molar-refractivity contribution in [2.75, 3.05) is 19.9 Å². The molecule has 0 radical (unpaired) electrons. The summed E-state index contributed by atoms with van der Waals surface area (Å²) >= 11 is 0. The molecule has 2 aromatic rings. The summed E-state index contributed by atoms with van der Waals surface area (Å²) in [5.41, 5.74) is 0.970. The van der Waals surface area contributed by atoms with Gasteiger partial charge in [0.15, 0.2) is 11.5 Å². The lowest BCUT2D eigenvalue weighted by atomic mass is 10.2. The summed E-state index contributed by atoms with van der Waals surface area (Å²) in [4.78, 5) is 18.3. The number of amides is 2. The summed E-state index contributed by atoms with van der Waals surface area (Å²) in [6, 6.07) is 11.1. The standard InChI is InChI=1S/C18H19N3O4/c22-18(20-10-13-4-5-15-16(9-13)24-12-23-15)21-8-6-14(11-21)25-17-3-1-2-7-19-17/h1-5,7,9,14H,6,8,10-12H2,(H,20,22). The van der Waals surface area contributed by atoms with E-state index in [1.165, 1.54) is 0 Å². The van der Waals surface area contributed by atoms with Crippen molar-refractivity contribution in [3.8, 4) is 17.4 Å². The van der Waals surface area contributed by atoms with E-state index in [2.05, 4.69) is 10.3 Å². The minimum atomic E-state index is -0.0928. The predicted octanol–water partition coefficient (Wildman–Crippen LogP) is 2.17. The van der Waals surface area contributed by atoms with Gasteiger partial charge in [0, 0.05) is 31.8 Å². The maximum absolute atomic E-state index is 12.3. The van der Waals surface area contributed by atoms with Crippen molar-refractivity contribution in [2.45, 2.75) is 19.1 Å². The molecule has 1 saturated heterocycles. The maximum Gasteiger partial charge on any atom is 0.317 e. The van der Waals surface area contributed by atoms with Crippen LogP contribution in [-0.2, 0) is 6.54 Å². The average Bonchev–Trinajstić information content (AvgIpc) is 3.29. The number of hydrogen-bond donors (Lipinski definition) is 1. The fraction of sp³-hybridized carbons (Fsp3) is 0.333. The Morgan fingerprint density at radius 1 is 1.28 bits per heavy atom. The Hall–Kier alpha value is -2.96. The molecular formula is C18H19N3O4. The van der Waals surface area contributed by atoms with E-state index in [-0.39, 0.29) is 18.9 Å². The molecule has 7 heteroatoms. The summed E-state index contributed by atoms with van der Waals surface area (Å²) < 4.78 is 16.4. The lowest BCUT2D eigenvalue weighted by Crippen LogP contribution is -2.39. The van der Waals surface area contributed by atoms with Crippen LogP contribution in [-0.4, -0.2) is 41.9 Å². The van der Waals surface area contributed by atoms with Gasteiger partial charge >= 0.3 is 6.03 Å². The molecule has 3 heterocycles. The van der Waals surface area contributed by atoms with Crippen molar-refractivity contribution in [1.82, 2.24) is 15.2 Å². The number of likely N-dealkylation sites (tertiary alicyclic amines) is 1. The van der Waals surface area contributed by atoms with Crippen LogP contribution in [0, 0.1) is 0 Å². The van der Waals surface area contributed by atoms with Gasteiger partial charge in [-0.1, -0.05) is 12.1 Å². The van der Waals surface area contributed by atoms with Gasteiger partial charge in [0.25, 0.3) is 0 Å². The largest absolute Gasteiger partial charge is 0.472 e. The molecule has 0 bridgehead atoms. The fourth-order valence-corrected chi connectivity index (χ4v) is 2.94. The molecule has 25 heavy (non-hydrogen) atoms. The van der Waals surface area contributed by atoms with Gasteiger partial charge in [-0.15, -0.1) is 0 Å². The van der Waals surface area contributed by atoms with Crippen LogP contribution in [0.1, 0.15) is 12.0 Å². The Kier molecular flexibility index (Phi) is 4.28. The lowest BCUT2D eigenvalue weighted by Gasteiger charge is -2.17. The highest BCUT2D eigenvalue weighted by Gasteiger charge is 2.27. The second-order valence-corrected chi connectivity index (χ2v) is 5.99. The van der Waals surface area contributed by atoms with E-state index in [0.717, 1.165) is 23.5 Å². The third-order valence-corrected chi connectivity index (χ3v) is 4.24. The molecule has 130 valence electrons. The third kappa shape index (κ3) is 3.60.